The highest BCUT2D eigenvalue weighted by atomic mass is 32.1. The molecule has 22 heavy (non-hydrogen) atoms. The predicted molar refractivity (Wildman–Crippen MR) is 86.3 cm³/mol. The van der Waals surface area contributed by atoms with Crippen LogP contribution in [0.2, 0.25) is 0 Å². The molecule has 3 N–H and O–H groups in total. The molecule has 1 amide bonds. The van der Waals surface area contributed by atoms with E-state index in [0.717, 1.165) is 11.3 Å². The summed E-state index contributed by atoms with van der Waals surface area (Å²) in [6.45, 7) is 0. The number of carbonyl (C=O) groups is 1. The first kappa shape index (κ1) is 14.2. The number of nitrogen functional groups attached to an aromatic ring is 1. The highest BCUT2D eigenvalue weighted by Gasteiger charge is 2.10. The van der Waals surface area contributed by atoms with Crippen molar-refractivity contribution in [2.45, 2.75) is 0 Å². The van der Waals surface area contributed by atoms with Crippen LogP contribution >= 0.6 is 11.3 Å². The van der Waals surface area contributed by atoms with Gasteiger partial charge in [0.1, 0.15) is 5.82 Å². The van der Waals surface area contributed by atoms with Crippen LogP contribution in [-0.4, -0.2) is 10.9 Å². The highest BCUT2D eigenvalue weighted by molar-refractivity contribution is 7.14. The van der Waals surface area contributed by atoms with Crippen LogP contribution in [0.3, 0.4) is 0 Å². The molecule has 0 saturated heterocycles. The van der Waals surface area contributed by atoms with Crippen molar-refractivity contribution in [3.05, 3.63) is 65.3 Å². The van der Waals surface area contributed by atoms with E-state index in [2.05, 4.69) is 10.3 Å². The van der Waals surface area contributed by atoms with Crippen LogP contribution in [0.4, 0.5) is 15.2 Å². The SMILES string of the molecule is Nc1cccc(-c2csc(NC(=O)c3ccc(F)cc3)n2)c1. The molecule has 0 fully saturated rings. The zero-order valence-corrected chi connectivity index (χ0v) is 12.2. The Bertz CT molecular complexity index is 814. The van der Waals surface area contributed by atoms with E-state index in [1.54, 1.807) is 6.07 Å². The minimum absolute atomic E-state index is 0.325. The Hall–Kier alpha value is -2.73. The van der Waals surface area contributed by atoms with Crippen molar-refractivity contribution in [1.29, 1.82) is 0 Å². The molecule has 0 aliphatic carbocycles. The van der Waals surface area contributed by atoms with E-state index < -0.39 is 0 Å². The van der Waals surface area contributed by atoms with Gasteiger partial charge in [0, 0.05) is 22.2 Å². The van der Waals surface area contributed by atoms with Crippen LogP contribution in [0, 0.1) is 5.82 Å². The number of carbonyl (C=O) groups excluding carboxylic acids is 1. The van der Waals surface area contributed by atoms with Crippen molar-refractivity contribution in [3.63, 3.8) is 0 Å². The maximum absolute atomic E-state index is 12.8. The quantitative estimate of drug-likeness (QED) is 0.723. The molecule has 1 heterocycles. The number of benzene rings is 2. The largest absolute Gasteiger partial charge is 0.399 e. The van der Waals surface area contributed by atoms with E-state index in [0.29, 0.717) is 16.4 Å². The van der Waals surface area contributed by atoms with Crippen molar-refractivity contribution in [1.82, 2.24) is 4.98 Å². The summed E-state index contributed by atoms with van der Waals surface area (Å²) in [5.41, 5.74) is 8.41. The van der Waals surface area contributed by atoms with E-state index in [1.165, 1.54) is 35.6 Å². The Morgan fingerprint density at radius 1 is 1.18 bits per heavy atom. The Labute approximate surface area is 130 Å². The lowest BCUT2D eigenvalue weighted by atomic mass is 10.1. The standard InChI is InChI=1S/C16H12FN3OS/c17-12-6-4-10(5-7-12)15(21)20-16-19-14(9-22-16)11-2-1-3-13(18)8-11/h1-9H,18H2,(H,19,20,21). The Morgan fingerprint density at radius 2 is 1.95 bits per heavy atom. The molecule has 0 aliphatic rings. The zero-order chi connectivity index (χ0) is 15.5. The number of anilines is 2. The Morgan fingerprint density at radius 3 is 2.68 bits per heavy atom. The van der Waals surface area contributed by atoms with E-state index in [4.69, 9.17) is 5.73 Å². The molecule has 3 aromatic rings. The number of nitrogens with two attached hydrogens (primary N) is 1. The molecule has 110 valence electrons. The summed E-state index contributed by atoms with van der Waals surface area (Å²) >= 11 is 1.32. The fraction of sp³-hybridized carbons (Fsp3) is 0. The Kier molecular flexibility index (Phi) is 3.84. The van der Waals surface area contributed by atoms with Gasteiger partial charge in [-0.25, -0.2) is 9.37 Å². The summed E-state index contributed by atoms with van der Waals surface area (Å²) in [6.07, 6.45) is 0. The maximum Gasteiger partial charge on any atom is 0.257 e. The van der Waals surface area contributed by atoms with Crippen molar-refractivity contribution >= 4 is 28.1 Å². The molecule has 2 aromatic carbocycles. The molecule has 0 atom stereocenters. The maximum atomic E-state index is 12.8. The molecule has 0 unspecified atom stereocenters. The van der Waals surface area contributed by atoms with E-state index in [9.17, 15) is 9.18 Å². The third-order valence-corrected chi connectivity index (χ3v) is 3.77. The van der Waals surface area contributed by atoms with Gasteiger partial charge in [0.2, 0.25) is 0 Å². The number of rotatable bonds is 3. The number of hydrogen-bond acceptors (Lipinski definition) is 4. The monoisotopic (exact) mass is 313 g/mol. The van der Waals surface area contributed by atoms with Gasteiger partial charge in [-0.2, -0.15) is 0 Å². The van der Waals surface area contributed by atoms with Gasteiger partial charge in [-0.15, -0.1) is 11.3 Å². The third-order valence-electron chi connectivity index (χ3n) is 3.01. The van der Waals surface area contributed by atoms with Gasteiger partial charge >= 0.3 is 0 Å². The molecule has 3 rings (SSSR count). The van der Waals surface area contributed by atoms with Crippen molar-refractivity contribution < 1.29 is 9.18 Å². The number of hydrogen-bond donors (Lipinski definition) is 2. The first-order valence-electron chi connectivity index (χ1n) is 6.50. The average molecular weight is 313 g/mol. The third kappa shape index (κ3) is 3.12. The molecule has 0 bridgehead atoms. The van der Waals surface area contributed by atoms with Gasteiger partial charge in [0.05, 0.1) is 5.69 Å². The van der Waals surface area contributed by atoms with Crippen molar-refractivity contribution in [3.8, 4) is 11.3 Å². The second-order valence-electron chi connectivity index (χ2n) is 4.62. The number of amides is 1. The van der Waals surface area contributed by atoms with Crippen LogP contribution < -0.4 is 11.1 Å². The van der Waals surface area contributed by atoms with Gasteiger partial charge in [0.15, 0.2) is 5.13 Å². The number of nitrogens with zero attached hydrogens (tertiary/aromatic N) is 1. The van der Waals surface area contributed by atoms with Crippen LogP contribution in [0.15, 0.2) is 53.9 Å². The van der Waals surface area contributed by atoms with E-state index in [-0.39, 0.29) is 11.7 Å². The van der Waals surface area contributed by atoms with Crippen molar-refractivity contribution in [2.24, 2.45) is 0 Å². The lowest BCUT2D eigenvalue weighted by molar-refractivity contribution is 0.102. The average Bonchev–Trinajstić information content (AvgIpc) is 2.96. The van der Waals surface area contributed by atoms with E-state index in [1.807, 2.05) is 23.6 Å². The van der Waals surface area contributed by atoms with Crippen LogP contribution in [-0.2, 0) is 0 Å². The summed E-state index contributed by atoms with van der Waals surface area (Å²) in [7, 11) is 0. The smallest absolute Gasteiger partial charge is 0.257 e. The first-order chi connectivity index (χ1) is 10.6. The molecule has 0 aliphatic heterocycles. The van der Waals surface area contributed by atoms with Gasteiger partial charge in [0.25, 0.3) is 5.91 Å². The number of aromatic nitrogens is 1. The van der Waals surface area contributed by atoms with Gasteiger partial charge in [-0.05, 0) is 36.4 Å². The second-order valence-corrected chi connectivity index (χ2v) is 5.48. The number of nitrogens with one attached hydrogen (secondary N) is 1. The molecule has 1 aromatic heterocycles. The minimum atomic E-state index is -0.380. The van der Waals surface area contributed by atoms with Gasteiger partial charge in [-0.3, -0.25) is 10.1 Å². The topological polar surface area (TPSA) is 68.0 Å². The summed E-state index contributed by atoms with van der Waals surface area (Å²) in [6, 6.07) is 12.7. The van der Waals surface area contributed by atoms with Crippen LogP contribution in [0.5, 0.6) is 0 Å². The van der Waals surface area contributed by atoms with Crippen molar-refractivity contribution in [2.75, 3.05) is 11.1 Å². The summed E-state index contributed by atoms with van der Waals surface area (Å²) in [5, 5.41) is 5.02. The van der Waals surface area contributed by atoms with Gasteiger partial charge in [-0.1, -0.05) is 12.1 Å². The fourth-order valence-electron chi connectivity index (χ4n) is 1.93. The van der Waals surface area contributed by atoms with E-state index >= 15 is 0 Å². The van der Waals surface area contributed by atoms with Gasteiger partial charge < -0.3 is 5.73 Å². The van der Waals surface area contributed by atoms with Crippen LogP contribution in [0.25, 0.3) is 11.3 Å². The number of thiazole rings is 1. The molecule has 4 nitrogen and oxygen atoms in total. The lowest BCUT2D eigenvalue weighted by Gasteiger charge is -2.01. The highest BCUT2D eigenvalue weighted by Crippen LogP contribution is 2.26. The molecular formula is C16H12FN3OS. The first-order valence-corrected chi connectivity index (χ1v) is 7.38. The predicted octanol–water partition coefficient (Wildman–Crippen LogP) is 3.78. The normalized spacial score (nSPS) is 10.4. The molecular weight excluding hydrogens is 301 g/mol. The second kappa shape index (κ2) is 5.95. The fourth-order valence-corrected chi connectivity index (χ4v) is 2.65. The minimum Gasteiger partial charge on any atom is -0.399 e. The summed E-state index contributed by atoms with van der Waals surface area (Å²) < 4.78 is 12.8. The molecule has 0 spiro atoms. The van der Waals surface area contributed by atoms with Crippen LogP contribution in [0.1, 0.15) is 10.4 Å². The summed E-state index contributed by atoms with van der Waals surface area (Å²) in [5.74, 6) is -0.705. The molecule has 6 heteroatoms. The summed E-state index contributed by atoms with van der Waals surface area (Å²) in [4.78, 5) is 16.4. The number of halogens is 1. The molecule has 0 saturated carbocycles. The Balaban J connectivity index is 1.77. The lowest BCUT2D eigenvalue weighted by Crippen LogP contribution is -2.11. The molecule has 0 radical (unpaired) electrons. The zero-order valence-electron chi connectivity index (χ0n) is 11.4.